The molecule has 0 bridgehead atoms. The van der Waals surface area contributed by atoms with E-state index < -0.39 is 12.0 Å². The molecule has 1 atom stereocenters. The third kappa shape index (κ3) is 4.46. The number of hydrogen-bond acceptors (Lipinski definition) is 6. The number of nitrogens with zero attached hydrogens (tertiary/aromatic N) is 1. The van der Waals surface area contributed by atoms with Crippen molar-refractivity contribution in [3.8, 4) is 0 Å². The number of rotatable bonds is 8. The molecule has 0 aromatic carbocycles. The molecule has 7 nitrogen and oxygen atoms in total. The SMILES string of the molecule is NC(C(=O)O)c1csc(NCCCC(=O)NC2CC2)n1. The molecule has 1 aromatic rings. The molecule has 1 aromatic heterocycles. The monoisotopic (exact) mass is 298 g/mol. The summed E-state index contributed by atoms with van der Waals surface area (Å²) in [7, 11) is 0. The van der Waals surface area contributed by atoms with Crippen LogP contribution in [-0.2, 0) is 9.59 Å². The standard InChI is InChI=1S/C12H18N4O3S/c13-10(11(18)19)8-6-20-12(16-8)14-5-1-2-9(17)15-7-3-4-7/h6-7,10H,1-5,13H2,(H,14,16)(H,15,17)(H,18,19). The third-order valence-corrected chi connectivity index (χ3v) is 3.72. The first-order valence-corrected chi connectivity index (χ1v) is 7.41. The number of aromatic nitrogens is 1. The minimum Gasteiger partial charge on any atom is -0.480 e. The van der Waals surface area contributed by atoms with Crippen molar-refractivity contribution in [1.82, 2.24) is 10.3 Å². The number of thiazole rings is 1. The lowest BCUT2D eigenvalue weighted by molar-refractivity contribution is -0.138. The van der Waals surface area contributed by atoms with Crippen LogP contribution in [0.4, 0.5) is 5.13 Å². The molecule has 1 unspecified atom stereocenters. The number of aliphatic carboxylic acids is 1. The summed E-state index contributed by atoms with van der Waals surface area (Å²) in [5.74, 6) is -1.01. The number of carbonyl (C=O) groups is 2. The van der Waals surface area contributed by atoms with Crippen LogP contribution in [0, 0.1) is 0 Å². The maximum atomic E-state index is 11.4. The van der Waals surface area contributed by atoms with E-state index in [4.69, 9.17) is 10.8 Å². The van der Waals surface area contributed by atoms with Gasteiger partial charge < -0.3 is 21.5 Å². The van der Waals surface area contributed by atoms with Gasteiger partial charge in [-0.3, -0.25) is 9.59 Å². The van der Waals surface area contributed by atoms with Gasteiger partial charge in [0.1, 0.15) is 6.04 Å². The predicted octanol–water partition coefficient (Wildman–Crippen LogP) is 0.698. The average molecular weight is 298 g/mol. The van der Waals surface area contributed by atoms with E-state index in [0.29, 0.717) is 36.3 Å². The minimum absolute atomic E-state index is 0.0852. The molecule has 1 amide bonds. The van der Waals surface area contributed by atoms with E-state index in [1.54, 1.807) is 5.38 Å². The van der Waals surface area contributed by atoms with Crippen LogP contribution in [0.25, 0.3) is 0 Å². The summed E-state index contributed by atoms with van der Waals surface area (Å²) in [6.45, 7) is 0.618. The number of amides is 1. The summed E-state index contributed by atoms with van der Waals surface area (Å²) in [5.41, 5.74) is 5.81. The summed E-state index contributed by atoms with van der Waals surface area (Å²) >= 11 is 1.31. The largest absolute Gasteiger partial charge is 0.480 e. The van der Waals surface area contributed by atoms with Crippen molar-refractivity contribution >= 4 is 28.3 Å². The Morgan fingerprint density at radius 2 is 2.30 bits per heavy atom. The summed E-state index contributed by atoms with van der Waals surface area (Å²) in [6, 6.07) is -0.694. The molecular weight excluding hydrogens is 280 g/mol. The molecule has 8 heteroatoms. The maximum Gasteiger partial charge on any atom is 0.326 e. The molecule has 1 aliphatic carbocycles. The molecule has 110 valence electrons. The highest BCUT2D eigenvalue weighted by Gasteiger charge is 2.22. The van der Waals surface area contributed by atoms with Gasteiger partial charge in [0.2, 0.25) is 5.91 Å². The van der Waals surface area contributed by atoms with Crippen LogP contribution in [-0.4, -0.2) is 34.6 Å². The Hall–Kier alpha value is -1.67. The Morgan fingerprint density at radius 1 is 1.55 bits per heavy atom. The van der Waals surface area contributed by atoms with Crippen molar-refractivity contribution < 1.29 is 14.7 Å². The Kier molecular flexibility index (Phi) is 4.91. The van der Waals surface area contributed by atoms with E-state index >= 15 is 0 Å². The van der Waals surface area contributed by atoms with Gasteiger partial charge in [0.25, 0.3) is 0 Å². The van der Waals surface area contributed by atoms with Crippen LogP contribution in [0.1, 0.15) is 37.4 Å². The van der Waals surface area contributed by atoms with Gasteiger partial charge in [0.05, 0.1) is 5.69 Å². The fraction of sp³-hybridized carbons (Fsp3) is 0.583. The number of hydrogen-bond donors (Lipinski definition) is 4. The van der Waals surface area contributed by atoms with Gasteiger partial charge in [0, 0.05) is 24.4 Å². The van der Waals surface area contributed by atoms with Gasteiger partial charge in [0.15, 0.2) is 5.13 Å². The van der Waals surface area contributed by atoms with Crippen molar-refractivity contribution in [3.63, 3.8) is 0 Å². The zero-order valence-electron chi connectivity index (χ0n) is 11.0. The second-order valence-corrected chi connectivity index (χ2v) is 5.62. The van der Waals surface area contributed by atoms with E-state index in [9.17, 15) is 9.59 Å². The molecule has 0 saturated heterocycles. The zero-order chi connectivity index (χ0) is 14.5. The smallest absolute Gasteiger partial charge is 0.326 e. The lowest BCUT2D eigenvalue weighted by Gasteiger charge is -2.04. The number of carboxylic acids is 1. The highest BCUT2D eigenvalue weighted by Crippen LogP contribution is 2.20. The molecule has 5 N–H and O–H groups in total. The van der Waals surface area contributed by atoms with E-state index in [0.717, 1.165) is 12.8 Å². The highest BCUT2D eigenvalue weighted by molar-refractivity contribution is 7.13. The van der Waals surface area contributed by atoms with Crippen LogP contribution in [0.15, 0.2) is 5.38 Å². The summed E-state index contributed by atoms with van der Waals surface area (Å²) in [5, 5.41) is 17.0. The lowest BCUT2D eigenvalue weighted by atomic mass is 10.2. The third-order valence-electron chi connectivity index (χ3n) is 2.91. The molecule has 0 aliphatic heterocycles. The number of anilines is 1. The first-order valence-electron chi connectivity index (χ1n) is 6.53. The predicted molar refractivity (Wildman–Crippen MR) is 75.6 cm³/mol. The van der Waals surface area contributed by atoms with Gasteiger partial charge in [-0.2, -0.15) is 0 Å². The molecule has 1 aliphatic rings. The van der Waals surface area contributed by atoms with Crippen LogP contribution in [0.3, 0.4) is 0 Å². The summed E-state index contributed by atoms with van der Waals surface area (Å²) < 4.78 is 0. The van der Waals surface area contributed by atoms with Crippen molar-refractivity contribution in [1.29, 1.82) is 0 Å². The lowest BCUT2D eigenvalue weighted by Crippen LogP contribution is -2.25. The van der Waals surface area contributed by atoms with Crippen LogP contribution in [0.5, 0.6) is 0 Å². The van der Waals surface area contributed by atoms with Crippen LogP contribution < -0.4 is 16.4 Å². The number of carbonyl (C=O) groups excluding carboxylic acids is 1. The molecule has 1 heterocycles. The minimum atomic E-state index is -1.10. The molecule has 2 rings (SSSR count). The molecule has 1 fully saturated rings. The molecule has 1 saturated carbocycles. The van der Waals surface area contributed by atoms with Gasteiger partial charge in [-0.25, -0.2) is 4.98 Å². The molecule has 0 spiro atoms. The van der Waals surface area contributed by atoms with Crippen LogP contribution in [0.2, 0.25) is 0 Å². The second kappa shape index (κ2) is 6.67. The number of nitrogens with two attached hydrogens (primary N) is 1. The first kappa shape index (κ1) is 14.7. The van der Waals surface area contributed by atoms with Gasteiger partial charge >= 0.3 is 5.97 Å². The van der Waals surface area contributed by atoms with Crippen molar-refractivity contribution in [3.05, 3.63) is 11.1 Å². The molecule has 0 radical (unpaired) electrons. The van der Waals surface area contributed by atoms with E-state index in [-0.39, 0.29) is 5.91 Å². The normalized spacial score (nSPS) is 15.7. The van der Waals surface area contributed by atoms with Gasteiger partial charge in [-0.15, -0.1) is 11.3 Å². The van der Waals surface area contributed by atoms with Crippen LogP contribution >= 0.6 is 11.3 Å². The zero-order valence-corrected chi connectivity index (χ0v) is 11.8. The fourth-order valence-electron chi connectivity index (χ4n) is 1.61. The number of carboxylic acid groups (broad SMARTS) is 1. The Balaban J connectivity index is 1.66. The second-order valence-electron chi connectivity index (χ2n) is 4.77. The highest BCUT2D eigenvalue weighted by atomic mass is 32.1. The van der Waals surface area contributed by atoms with Crippen molar-refractivity contribution in [2.24, 2.45) is 5.73 Å². The summed E-state index contributed by atoms with van der Waals surface area (Å²) in [4.78, 5) is 26.3. The van der Waals surface area contributed by atoms with E-state index in [2.05, 4.69) is 15.6 Å². The molecular formula is C12H18N4O3S. The Morgan fingerprint density at radius 3 is 2.95 bits per heavy atom. The first-order chi connectivity index (χ1) is 9.56. The number of nitrogens with one attached hydrogen (secondary N) is 2. The van der Waals surface area contributed by atoms with E-state index in [1.165, 1.54) is 11.3 Å². The van der Waals surface area contributed by atoms with Gasteiger partial charge in [-0.05, 0) is 19.3 Å². The van der Waals surface area contributed by atoms with E-state index in [1.807, 2.05) is 0 Å². The van der Waals surface area contributed by atoms with Gasteiger partial charge in [-0.1, -0.05) is 0 Å². The van der Waals surface area contributed by atoms with Crippen molar-refractivity contribution in [2.75, 3.05) is 11.9 Å². The Bertz CT molecular complexity index is 487. The van der Waals surface area contributed by atoms with Crippen molar-refractivity contribution in [2.45, 2.75) is 37.8 Å². The quantitative estimate of drug-likeness (QED) is 0.525. The maximum absolute atomic E-state index is 11.4. The Labute approximate surface area is 120 Å². The fourth-order valence-corrected chi connectivity index (χ4v) is 2.38. The topological polar surface area (TPSA) is 117 Å². The average Bonchev–Trinajstić information content (AvgIpc) is 3.09. The summed E-state index contributed by atoms with van der Waals surface area (Å²) in [6.07, 6.45) is 3.38. The molecule has 20 heavy (non-hydrogen) atoms.